The van der Waals surface area contributed by atoms with E-state index in [0.29, 0.717) is 0 Å². The highest BCUT2D eigenvalue weighted by molar-refractivity contribution is 5.78. The van der Waals surface area contributed by atoms with Gasteiger partial charge >= 0.3 is 0 Å². The van der Waals surface area contributed by atoms with E-state index < -0.39 is 0 Å². The summed E-state index contributed by atoms with van der Waals surface area (Å²) >= 11 is 0. The molecule has 0 saturated carbocycles. The monoisotopic (exact) mass is 779 g/mol. The molecule has 58 heavy (non-hydrogen) atoms. The van der Waals surface area contributed by atoms with E-state index in [2.05, 4.69) is 130 Å². The molecule has 0 spiro atoms. The fourth-order valence-corrected chi connectivity index (χ4v) is 8.78. The Bertz CT molecular complexity index is 1910. The van der Waals surface area contributed by atoms with Gasteiger partial charge in [-0.2, -0.15) is 0 Å². The van der Waals surface area contributed by atoms with E-state index in [1.165, 1.54) is 148 Å². The molecule has 0 fully saturated rings. The number of fused-ring (bicyclic) bond motifs is 16. The van der Waals surface area contributed by atoms with Crippen LogP contribution in [-0.2, 0) is 25.7 Å². The van der Waals surface area contributed by atoms with E-state index in [1.54, 1.807) is 0 Å². The number of hydrogen-bond acceptors (Lipinski definition) is 0. The SMILES string of the molecule is CCCCCCc1cc2[nH]c1/C=C\c1[nH]c(cc1CCCCCC)-c1ccc([nH]1)-c1cc(CCCCCC)c([nH]1)/C=C\c1[nH]c(cc1CCCCCC)-c1ccc-2[nH]1. The Labute approximate surface area is 348 Å². The van der Waals surface area contributed by atoms with Gasteiger partial charge in [-0.25, -0.2) is 0 Å². The lowest BCUT2D eigenvalue weighted by Gasteiger charge is -2.02. The van der Waals surface area contributed by atoms with Crippen molar-refractivity contribution in [2.75, 3.05) is 0 Å². The first-order valence-corrected chi connectivity index (χ1v) is 23.2. The zero-order chi connectivity index (χ0) is 40.1. The molecular formula is C52H70N6. The van der Waals surface area contributed by atoms with Crippen molar-refractivity contribution in [2.45, 2.75) is 156 Å². The topological polar surface area (TPSA) is 94.7 Å². The minimum atomic E-state index is 1.07. The Kier molecular flexibility index (Phi) is 14.8. The molecule has 0 unspecified atom stereocenters. The molecule has 7 heterocycles. The van der Waals surface area contributed by atoms with Crippen molar-refractivity contribution in [1.29, 1.82) is 0 Å². The van der Waals surface area contributed by atoms with Gasteiger partial charge in [-0.3, -0.25) is 0 Å². The first kappa shape index (κ1) is 41.3. The van der Waals surface area contributed by atoms with Crippen molar-refractivity contribution in [3.05, 3.63) is 93.6 Å². The summed E-state index contributed by atoms with van der Waals surface area (Å²) in [4.78, 5) is 23.0. The van der Waals surface area contributed by atoms with Gasteiger partial charge in [-0.15, -0.1) is 0 Å². The van der Waals surface area contributed by atoms with Gasteiger partial charge in [0.15, 0.2) is 0 Å². The van der Waals surface area contributed by atoms with Gasteiger partial charge in [0.1, 0.15) is 0 Å². The highest BCUT2D eigenvalue weighted by atomic mass is 14.9. The number of unbranched alkanes of at least 4 members (excludes halogenated alkanes) is 12. The van der Waals surface area contributed by atoms with E-state index in [4.69, 9.17) is 0 Å². The molecular weight excluding hydrogens is 709 g/mol. The van der Waals surface area contributed by atoms with Crippen molar-refractivity contribution in [2.24, 2.45) is 0 Å². The molecule has 0 saturated heterocycles. The normalized spacial score (nSPS) is 13.4. The highest BCUT2D eigenvalue weighted by Crippen LogP contribution is 2.33. The molecule has 0 radical (unpaired) electrons. The van der Waals surface area contributed by atoms with Crippen LogP contribution in [0.2, 0.25) is 0 Å². The van der Waals surface area contributed by atoms with Crippen LogP contribution in [0.5, 0.6) is 0 Å². The first-order valence-electron chi connectivity index (χ1n) is 23.2. The average Bonchev–Trinajstić information content (AvgIpc) is 4.09. The minimum Gasteiger partial charge on any atom is -0.354 e. The van der Waals surface area contributed by atoms with Crippen LogP contribution in [0.4, 0.5) is 0 Å². The van der Waals surface area contributed by atoms with Gasteiger partial charge in [0.25, 0.3) is 0 Å². The predicted molar refractivity (Wildman–Crippen MR) is 250 cm³/mol. The number of H-pyrrole nitrogens is 6. The third-order valence-corrected chi connectivity index (χ3v) is 12.3. The zero-order valence-corrected chi connectivity index (χ0v) is 36.1. The smallest absolute Gasteiger partial charge is 0.0627 e. The number of aromatic amines is 6. The van der Waals surface area contributed by atoms with Crippen molar-refractivity contribution < 1.29 is 0 Å². The molecule has 6 aromatic rings. The van der Waals surface area contributed by atoms with Gasteiger partial charge in [-0.1, -0.05) is 105 Å². The van der Waals surface area contributed by atoms with E-state index in [9.17, 15) is 0 Å². The van der Waals surface area contributed by atoms with Gasteiger partial charge in [0.2, 0.25) is 0 Å². The third kappa shape index (κ3) is 10.4. The van der Waals surface area contributed by atoms with Gasteiger partial charge in [-0.05, 0) is 146 Å². The predicted octanol–water partition coefficient (Wildman–Crippen LogP) is 15.5. The van der Waals surface area contributed by atoms with Crippen molar-refractivity contribution in [3.63, 3.8) is 0 Å². The quantitative estimate of drug-likeness (QED) is 0.0416. The molecule has 7 rings (SSSR count). The van der Waals surface area contributed by atoms with Crippen LogP contribution in [-0.4, -0.2) is 29.9 Å². The van der Waals surface area contributed by atoms with E-state index in [0.717, 1.165) is 71.2 Å². The average molecular weight is 779 g/mol. The van der Waals surface area contributed by atoms with E-state index in [1.807, 2.05) is 0 Å². The van der Waals surface area contributed by atoms with Crippen LogP contribution in [0.3, 0.4) is 0 Å². The van der Waals surface area contributed by atoms with Crippen LogP contribution >= 0.6 is 0 Å². The lowest BCUT2D eigenvalue weighted by atomic mass is 10.0. The maximum atomic E-state index is 3.85. The molecule has 12 bridgehead atoms. The molecule has 6 nitrogen and oxygen atoms in total. The number of nitrogens with one attached hydrogen (secondary N) is 6. The summed E-state index contributed by atoms with van der Waals surface area (Å²) in [5, 5.41) is 0. The van der Waals surface area contributed by atoms with Crippen molar-refractivity contribution >= 4 is 24.3 Å². The largest absolute Gasteiger partial charge is 0.354 e. The number of hydrogen-bond donors (Lipinski definition) is 6. The zero-order valence-electron chi connectivity index (χ0n) is 36.1. The highest BCUT2D eigenvalue weighted by Gasteiger charge is 2.17. The van der Waals surface area contributed by atoms with Crippen molar-refractivity contribution in [1.82, 2.24) is 29.9 Å². The van der Waals surface area contributed by atoms with E-state index >= 15 is 0 Å². The molecule has 0 aromatic carbocycles. The second-order valence-electron chi connectivity index (χ2n) is 17.0. The number of aromatic nitrogens is 6. The second-order valence-corrected chi connectivity index (χ2v) is 17.0. The maximum absolute atomic E-state index is 3.85. The van der Waals surface area contributed by atoms with Crippen LogP contribution in [0.15, 0.2) is 48.5 Å². The Hall–Kier alpha value is -4.84. The van der Waals surface area contributed by atoms with Crippen LogP contribution < -0.4 is 0 Å². The second kappa shape index (κ2) is 20.7. The van der Waals surface area contributed by atoms with Gasteiger partial charge in [0.05, 0.1) is 45.6 Å². The first-order chi connectivity index (χ1) is 28.6. The summed E-state index contributed by atoms with van der Waals surface area (Å²) in [5.41, 5.74) is 19.4. The lowest BCUT2D eigenvalue weighted by molar-refractivity contribution is 0.666. The molecule has 1 aliphatic heterocycles. The summed E-state index contributed by atoms with van der Waals surface area (Å²) < 4.78 is 0. The molecule has 6 heteroatoms. The van der Waals surface area contributed by atoms with Crippen molar-refractivity contribution in [3.8, 4) is 45.6 Å². The molecule has 0 atom stereocenters. The van der Waals surface area contributed by atoms with Crippen LogP contribution in [0.1, 0.15) is 175 Å². The molecule has 308 valence electrons. The van der Waals surface area contributed by atoms with Crippen LogP contribution in [0, 0.1) is 0 Å². The minimum absolute atomic E-state index is 1.07. The Morgan fingerprint density at radius 3 is 0.741 bits per heavy atom. The Morgan fingerprint density at radius 1 is 0.276 bits per heavy atom. The summed E-state index contributed by atoms with van der Waals surface area (Å²) in [6, 6.07) is 18.5. The lowest BCUT2D eigenvalue weighted by Crippen LogP contribution is -1.89. The molecule has 6 aromatic heterocycles. The fourth-order valence-electron chi connectivity index (χ4n) is 8.78. The summed E-state index contributed by atoms with van der Waals surface area (Å²) in [5.74, 6) is 0. The number of aryl methyl sites for hydroxylation is 4. The summed E-state index contributed by atoms with van der Waals surface area (Å²) in [6.07, 6.45) is 33.6. The van der Waals surface area contributed by atoms with Gasteiger partial charge < -0.3 is 29.9 Å². The fraction of sp³-hybridized carbons (Fsp3) is 0.462. The van der Waals surface area contributed by atoms with Crippen LogP contribution in [0.25, 0.3) is 69.9 Å². The maximum Gasteiger partial charge on any atom is 0.0627 e. The van der Waals surface area contributed by atoms with E-state index in [-0.39, 0.29) is 0 Å². The Morgan fingerprint density at radius 2 is 0.517 bits per heavy atom. The number of rotatable bonds is 20. The molecule has 6 N–H and O–H groups in total. The Balaban J connectivity index is 1.31. The summed E-state index contributed by atoms with van der Waals surface area (Å²) in [6.45, 7) is 9.16. The molecule has 0 amide bonds. The third-order valence-electron chi connectivity index (χ3n) is 12.3. The standard InChI is InChI=1S/C52H70N6/c1-5-9-13-17-21-37-33-49-45-29-30-46(57-45)50-35-39(23-19-15-11-7-3)43(55-50)27-28-44-40(24-20-16-12-8-4)36-52(56-44)48-32-31-47(58-48)51-34-38(22-18-14-10-6-2)42(54-51)26-25-41(37)53-49/h25-36,53-58H,5-24H2,1-4H3/b26-25-,28-27-,41-25?,42-26?,43-27?,44-28?,49-45?,50-46?,51-47?,52-48?. The van der Waals surface area contributed by atoms with Gasteiger partial charge in [0, 0.05) is 22.8 Å². The summed E-state index contributed by atoms with van der Waals surface area (Å²) in [7, 11) is 0. The molecule has 0 aliphatic carbocycles. The molecule has 1 aliphatic rings.